The molecule has 1 fully saturated rings. The van der Waals surface area contributed by atoms with E-state index < -0.39 is 0 Å². The summed E-state index contributed by atoms with van der Waals surface area (Å²) >= 11 is 6.08. The molecule has 4 rings (SSSR count). The molecule has 1 aliphatic carbocycles. The van der Waals surface area contributed by atoms with Gasteiger partial charge in [0.15, 0.2) is 0 Å². The Morgan fingerprint density at radius 1 is 1.17 bits per heavy atom. The minimum absolute atomic E-state index is 0.0476. The maximum absolute atomic E-state index is 13.2. The van der Waals surface area contributed by atoms with E-state index in [0.29, 0.717) is 29.2 Å². The summed E-state index contributed by atoms with van der Waals surface area (Å²) in [5.74, 6) is -0.170. The van der Waals surface area contributed by atoms with Crippen molar-refractivity contribution in [1.29, 1.82) is 0 Å². The molecule has 8 nitrogen and oxygen atoms in total. The van der Waals surface area contributed by atoms with Crippen molar-refractivity contribution in [3.05, 3.63) is 92.4 Å². The van der Waals surface area contributed by atoms with E-state index >= 15 is 0 Å². The maximum Gasteiger partial charge on any atom is 0.270 e. The second kappa shape index (κ2) is 11.5. The van der Waals surface area contributed by atoms with Crippen molar-refractivity contribution in [3.8, 4) is 0 Å². The smallest absolute Gasteiger partial charge is 0.270 e. The van der Waals surface area contributed by atoms with Gasteiger partial charge in [-0.1, -0.05) is 35.9 Å². The first-order chi connectivity index (χ1) is 17.4. The van der Waals surface area contributed by atoms with E-state index in [2.05, 4.69) is 10.4 Å². The van der Waals surface area contributed by atoms with Crippen LogP contribution in [0.3, 0.4) is 0 Å². The summed E-state index contributed by atoms with van der Waals surface area (Å²) in [6, 6.07) is 14.8. The molecule has 36 heavy (non-hydrogen) atoms. The molecule has 0 saturated heterocycles. The highest BCUT2D eigenvalue weighted by Crippen LogP contribution is 2.32. The van der Waals surface area contributed by atoms with Gasteiger partial charge in [-0.3, -0.25) is 14.4 Å². The molecule has 1 saturated carbocycles. The van der Waals surface area contributed by atoms with E-state index in [1.54, 1.807) is 30.2 Å². The molecule has 0 radical (unpaired) electrons. The zero-order valence-electron chi connectivity index (χ0n) is 20.2. The van der Waals surface area contributed by atoms with Crippen LogP contribution in [0.25, 0.3) is 0 Å². The van der Waals surface area contributed by atoms with Crippen LogP contribution < -0.4 is 21.5 Å². The van der Waals surface area contributed by atoms with Gasteiger partial charge in [-0.15, -0.1) is 0 Å². The SMILES string of the molecule is Cc1cnn(CCN(C(=O)C2CC2)c2ccccc2)c(=O)c1CC(=O)NCc1cc(Cl)ccc1CN. The predicted octanol–water partition coefficient (Wildman–Crippen LogP) is 2.97. The Bertz CT molecular complexity index is 1300. The lowest BCUT2D eigenvalue weighted by atomic mass is 10.1. The van der Waals surface area contributed by atoms with Crippen LogP contribution in [0.2, 0.25) is 5.02 Å². The van der Waals surface area contributed by atoms with Crippen LogP contribution >= 0.6 is 11.6 Å². The Morgan fingerprint density at radius 2 is 1.92 bits per heavy atom. The summed E-state index contributed by atoms with van der Waals surface area (Å²) in [6.45, 7) is 2.90. The summed E-state index contributed by atoms with van der Waals surface area (Å²) in [5, 5.41) is 7.68. The van der Waals surface area contributed by atoms with Gasteiger partial charge in [0, 0.05) is 41.8 Å². The number of amides is 2. The van der Waals surface area contributed by atoms with E-state index in [-0.39, 0.29) is 42.8 Å². The lowest BCUT2D eigenvalue weighted by Gasteiger charge is -2.23. The number of halogens is 1. The van der Waals surface area contributed by atoms with Gasteiger partial charge in [-0.05, 0) is 60.7 Å². The van der Waals surface area contributed by atoms with Crippen LogP contribution in [-0.4, -0.2) is 28.1 Å². The number of anilines is 1. The number of nitrogens with two attached hydrogens (primary N) is 1. The third-order valence-electron chi connectivity index (χ3n) is 6.36. The first-order valence-corrected chi connectivity index (χ1v) is 12.4. The van der Waals surface area contributed by atoms with Gasteiger partial charge in [0.05, 0.1) is 19.2 Å². The van der Waals surface area contributed by atoms with Crippen LogP contribution in [0.5, 0.6) is 0 Å². The number of para-hydroxylation sites is 1. The molecule has 2 aromatic carbocycles. The zero-order valence-corrected chi connectivity index (χ0v) is 21.0. The highest BCUT2D eigenvalue weighted by Gasteiger charge is 2.34. The van der Waals surface area contributed by atoms with Crippen molar-refractivity contribution >= 4 is 29.1 Å². The molecule has 0 bridgehead atoms. The molecule has 1 aliphatic rings. The number of carbonyl (C=O) groups is 2. The number of aryl methyl sites for hydroxylation is 1. The first kappa shape index (κ1) is 25.6. The molecule has 3 N–H and O–H groups in total. The van der Waals surface area contributed by atoms with Crippen LogP contribution in [0, 0.1) is 12.8 Å². The Morgan fingerprint density at radius 3 is 2.61 bits per heavy atom. The van der Waals surface area contributed by atoms with E-state index in [1.807, 2.05) is 36.4 Å². The Hall–Kier alpha value is -3.49. The minimum atomic E-state index is -0.331. The number of aromatic nitrogens is 2. The summed E-state index contributed by atoms with van der Waals surface area (Å²) < 4.78 is 1.33. The first-order valence-electron chi connectivity index (χ1n) is 12.0. The van der Waals surface area contributed by atoms with E-state index in [9.17, 15) is 14.4 Å². The van der Waals surface area contributed by atoms with E-state index in [1.165, 1.54) is 4.68 Å². The molecular weight excluding hydrogens is 478 g/mol. The summed E-state index contributed by atoms with van der Waals surface area (Å²) in [4.78, 5) is 40.5. The van der Waals surface area contributed by atoms with Gasteiger partial charge >= 0.3 is 0 Å². The summed E-state index contributed by atoms with van der Waals surface area (Å²) in [6.07, 6.45) is 3.30. The fourth-order valence-electron chi connectivity index (χ4n) is 4.08. The second-order valence-electron chi connectivity index (χ2n) is 9.00. The van der Waals surface area contributed by atoms with Gasteiger partial charge in [0.1, 0.15) is 0 Å². The average Bonchev–Trinajstić information content (AvgIpc) is 3.73. The van der Waals surface area contributed by atoms with Gasteiger partial charge in [0.25, 0.3) is 5.56 Å². The lowest BCUT2D eigenvalue weighted by Crippen LogP contribution is -2.38. The van der Waals surface area contributed by atoms with Crippen molar-refractivity contribution in [2.24, 2.45) is 11.7 Å². The largest absolute Gasteiger partial charge is 0.352 e. The number of nitrogens with one attached hydrogen (secondary N) is 1. The Balaban J connectivity index is 1.45. The molecule has 1 heterocycles. The molecule has 0 aliphatic heterocycles. The van der Waals surface area contributed by atoms with Crippen LogP contribution in [0.4, 0.5) is 5.69 Å². The lowest BCUT2D eigenvalue weighted by molar-refractivity contribution is -0.121. The van der Waals surface area contributed by atoms with Crippen molar-refractivity contribution in [1.82, 2.24) is 15.1 Å². The van der Waals surface area contributed by atoms with Crippen molar-refractivity contribution in [2.75, 3.05) is 11.4 Å². The highest BCUT2D eigenvalue weighted by molar-refractivity contribution is 6.30. The normalized spacial score (nSPS) is 12.9. The fourth-order valence-corrected chi connectivity index (χ4v) is 4.28. The van der Waals surface area contributed by atoms with Crippen LogP contribution in [-0.2, 0) is 35.6 Å². The van der Waals surface area contributed by atoms with Gasteiger partial charge in [-0.25, -0.2) is 4.68 Å². The molecule has 0 atom stereocenters. The predicted molar refractivity (Wildman–Crippen MR) is 140 cm³/mol. The number of benzene rings is 2. The second-order valence-corrected chi connectivity index (χ2v) is 9.44. The summed E-state index contributed by atoms with van der Waals surface area (Å²) in [7, 11) is 0. The third kappa shape index (κ3) is 6.19. The number of hydrogen-bond acceptors (Lipinski definition) is 5. The van der Waals surface area contributed by atoms with Crippen LogP contribution in [0.15, 0.2) is 59.5 Å². The van der Waals surface area contributed by atoms with Gasteiger partial charge < -0.3 is 16.0 Å². The highest BCUT2D eigenvalue weighted by atomic mass is 35.5. The van der Waals surface area contributed by atoms with Crippen molar-refractivity contribution in [3.63, 3.8) is 0 Å². The van der Waals surface area contributed by atoms with Gasteiger partial charge in [0.2, 0.25) is 11.8 Å². The Labute approximate surface area is 215 Å². The Kier molecular flexibility index (Phi) is 8.18. The number of hydrogen-bond donors (Lipinski definition) is 2. The monoisotopic (exact) mass is 507 g/mol. The molecule has 0 spiro atoms. The van der Waals surface area contributed by atoms with Crippen molar-refractivity contribution < 1.29 is 9.59 Å². The third-order valence-corrected chi connectivity index (χ3v) is 6.59. The maximum atomic E-state index is 13.2. The van der Waals surface area contributed by atoms with E-state index in [4.69, 9.17) is 17.3 Å². The quantitative estimate of drug-likeness (QED) is 0.438. The molecular formula is C27H30ClN5O3. The zero-order chi connectivity index (χ0) is 25.7. The number of nitrogens with zero attached hydrogens (tertiary/aromatic N) is 3. The van der Waals surface area contributed by atoms with Crippen LogP contribution in [0.1, 0.15) is 35.1 Å². The average molecular weight is 508 g/mol. The topological polar surface area (TPSA) is 110 Å². The fraction of sp³-hybridized carbons (Fsp3) is 0.333. The minimum Gasteiger partial charge on any atom is -0.352 e. The summed E-state index contributed by atoms with van der Waals surface area (Å²) in [5.41, 5.74) is 9.01. The molecule has 0 unspecified atom stereocenters. The van der Waals surface area contributed by atoms with E-state index in [0.717, 1.165) is 29.7 Å². The number of rotatable bonds is 10. The van der Waals surface area contributed by atoms with Crippen molar-refractivity contribution in [2.45, 2.75) is 45.8 Å². The number of carbonyl (C=O) groups excluding carboxylic acids is 2. The van der Waals surface area contributed by atoms with Gasteiger partial charge in [-0.2, -0.15) is 5.10 Å². The molecule has 188 valence electrons. The molecule has 1 aromatic heterocycles. The molecule has 9 heteroatoms. The molecule has 3 aromatic rings. The standard InChI is InChI=1S/C27H30ClN5O3/c1-18-16-31-33(12-11-32(26(35)19-7-8-19)23-5-3-2-4-6-23)27(36)24(18)14-25(34)30-17-21-13-22(28)10-9-20(21)15-29/h2-6,9-10,13,16,19H,7-8,11-12,14-15,17,29H2,1H3,(H,30,34). The molecule has 2 amide bonds.